The fourth-order valence-corrected chi connectivity index (χ4v) is 4.94. The van der Waals surface area contributed by atoms with Crippen molar-refractivity contribution >= 4 is 33.0 Å². The van der Waals surface area contributed by atoms with Crippen LogP contribution in [0.4, 0.5) is 0 Å². The molecule has 1 aromatic heterocycles. The van der Waals surface area contributed by atoms with Gasteiger partial charge in [0, 0.05) is 42.6 Å². The topological polar surface area (TPSA) is 52.6 Å². The second-order valence-corrected chi connectivity index (χ2v) is 9.36. The number of hydrogen-bond acceptors (Lipinski definition) is 5. The fraction of sp³-hybridized carbons (Fsp3) is 0.412. The minimum atomic E-state index is -3.55. The van der Waals surface area contributed by atoms with Crippen molar-refractivity contribution in [2.24, 2.45) is 0 Å². The van der Waals surface area contributed by atoms with E-state index in [1.165, 1.54) is 17.0 Å². The number of likely N-dealkylation sites (N-methyl/N-ethyl adjacent to an activating group) is 1. The van der Waals surface area contributed by atoms with Crippen LogP contribution >= 0.6 is 22.9 Å². The number of nitrogens with zero attached hydrogens (tertiary/aromatic N) is 2. The Kier molecular flexibility index (Phi) is 6.14. The molecule has 1 unspecified atom stereocenters. The zero-order chi connectivity index (χ0) is 17.9. The van der Waals surface area contributed by atoms with Crippen molar-refractivity contribution in [2.45, 2.75) is 10.9 Å². The van der Waals surface area contributed by atoms with Crippen LogP contribution in [0.5, 0.6) is 0 Å². The fourth-order valence-electron chi connectivity index (χ4n) is 2.91. The van der Waals surface area contributed by atoms with Gasteiger partial charge in [-0.1, -0.05) is 17.7 Å². The van der Waals surface area contributed by atoms with Gasteiger partial charge in [-0.25, -0.2) is 13.1 Å². The van der Waals surface area contributed by atoms with Crippen molar-refractivity contribution < 1.29 is 8.42 Å². The number of nitrogens with one attached hydrogen (secondary N) is 1. The standard InChI is InChI=1S/C17H22ClN3O2S2/c1-20-8-10-21(11-9-20)16(17-3-2-12-24-17)13-19-25(22,23)15-6-4-14(18)5-7-15/h2-7,12,16,19H,8-11,13H2,1H3. The zero-order valence-electron chi connectivity index (χ0n) is 14.1. The van der Waals surface area contributed by atoms with Crippen molar-refractivity contribution in [1.82, 2.24) is 14.5 Å². The molecule has 0 bridgehead atoms. The van der Waals surface area contributed by atoms with Gasteiger partial charge >= 0.3 is 0 Å². The second kappa shape index (κ2) is 8.16. The van der Waals surface area contributed by atoms with Gasteiger partial charge in [0.15, 0.2) is 0 Å². The number of thiophene rings is 1. The van der Waals surface area contributed by atoms with Crippen molar-refractivity contribution in [3.8, 4) is 0 Å². The number of hydrogen-bond donors (Lipinski definition) is 1. The predicted molar refractivity (Wildman–Crippen MR) is 103 cm³/mol. The summed E-state index contributed by atoms with van der Waals surface area (Å²) in [7, 11) is -1.44. The van der Waals surface area contributed by atoms with Crippen LogP contribution in [0.1, 0.15) is 10.9 Å². The van der Waals surface area contributed by atoms with E-state index in [1.54, 1.807) is 23.5 Å². The van der Waals surface area contributed by atoms with Crippen LogP contribution in [0.3, 0.4) is 0 Å². The Hall–Kier alpha value is -0.960. The molecular weight excluding hydrogens is 378 g/mol. The van der Waals surface area contributed by atoms with E-state index in [1.807, 2.05) is 11.4 Å². The molecule has 1 N–H and O–H groups in total. The van der Waals surface area contributed by atoms with Gasteiger partial charge in [-0.2, -0.15) is 0 Å². The van der Waals surface area contributed by atoms with E-state index in [2.05, 4.69) is 27.6 Å². The molecule has 0 radical (unpaired) electrons. The maximum absolute atomic E-state index is 12.6. The number of benzene rings is 1. The summed E-state index contributed by atoms with van der Waals surface area (Å²) in [5.41, 5.74) is 0. The summed E-state index contributed by atoms with van der Waals surface area (Å²) in [4.78, 5) is 6.07. The van der Waals surface area contributed by atoms with Gasteiger partial charge in [0.25, 0.3) is 0 Å². The summed E-state index contributed by atoms with van der Waals surface area (Å²) in [5, 5.41) is 2.55. The van der Waals surface area contributed by atoms with E-state index in [0.717, 1.165) is 26.2 Å². The predicted octanol–water partition coefficient (Wildman–Crippen LogP) is 2.67. The maximum atomic E-state index is 12.6. The average molecular weight is 400 g/mol. The SMILES string of the molecule is CN1CCN(C(CNS(=O)(=O)c2ccc(Cl)cc2)c2cccs2)CC1. The van der Waals surface area contributed by atoms with Crippen LogP contribution in [0.25, 0.3) is 0 Å². The lowest BCUT2D eigenvalue weighted by Crippen LogP contribution is -2.48. The van der Waals surface area contributed by atoms with Crippen LogP contribution in [-0.4, -0.2) is 58.0 Å². The lowest BCUT2D eigenvalue weighted by atomic mass is 10.2. The second-order valence-electron chi connectivity index (χ2n) is 6.18. The van der Waals surface area contributed by atoms with Gasteiger partial charge in [0.2, 0.25) is 10.0 Å². The van der Waals surface area contributed by atoms with Gasteiger partial charge < -0.3 is 4.90 Å². The molecule has 3 rings (SSSR count). The summed E-state index contributed by atoms with van der Waals surface area (Å²) in [6.07, 6.45) is 0. The third kappa shape index (κ3) is 4.81. The van der Waals surface area contributed by atoms with Crippen molar-refractivity contribution in [3.05, 3.63) is 51.7 Å². The Morgan fingerprint density at radius 3 is 2.44 bits per heavy atom. The Morgan fingerprint density at radius 2 is 1.84 bits per heavy atom. The first-order chi connectivity index (χ1) is 12.0. The number of sulfonamides is 1. The first-order valence-electron chi connectivity index (χ1n) is 8.17. The third-order valence-corrected chi connectivity index (χ3v) is 7.11. The summed E-state index contributed by atoms with van der Waals surface area (Å²) in [6, 6.07) is 10.4. The summed E-state index contributed by atoms with van der Waals surface area (Å²) in [6.45, 7) is 4.20. The van der Waals surface area contributed by atoms with Gasteiger partial charge in [0.1, 0.15) is 0 Å². The lowest BCUT2D eigenvalue weighted by molar-refractivity contribution is 0.114. The number of halogens is 1. The molecule has 1 aromatic carbocycles. The van der Waals surface area contributed by atoms with Gasteiger partial charge in [0.05, 0.1) is 10.9 Å². The molecule has 8 heteroatoms. The van der Waals surface area contributed by atoms with Gasteiger partial charge in [-0.15, -0.1) is 11.3 Å². The lowest BCUT2D eigenvalue weighted by Gasteiger charge is -2.37. The third-order valence-electron chi connectivity index (χ3n) is 4.44. The van der Waals surface area contributed by atoms with Gasteiger partial charge in [-0.3, -0.25) is 4.90 Å². The minimum absolute atomic E-state index is 0.0516. The summed E-state index contributed by atoms with van der Waals surface area (Å²) >= 11 is 7.51. The van der Waals surface area contributed by atoms with E-state index in [-0.39, 0.29) is 10.9 Å². The largest absolute Gasteiger partial charge is 0.304 e. The van der Waals surface area contributed by atoms with Crippen molar-refractivity contribution in [3.63, 3.8) is 0 Å². The highest BCUT2D eigenvalue weighted by Gasteiger charge is 2.26. The monoisotopic (exact) mass is 399 g/mol. The zero-order valence-corrected chi connectivity index (χ0v) is 16.4. The van der Waals surface area contributed by atoms with Crippen LogP contribution in [0.15, 0.2) is 46.7 Å². The molecule has 0 spiro atoms. The van der Waals surface area contributed by atoms with E-state index < -0.39 is 10.0 Å². The van der Waals surface area contributed by atoms with E-state index in [9.17, 15) is 8.42 Å². The van der Waals surface area contributed by atoms with Crippen molar-refractivity contribution in [1.29, 1.82) is 0 Å². The highest BCUT2D eigenvalue weighted by molar-refractivity contribution is 7.89. The highest BCUT2D eigenvalue weighted by atomic mass is 35.5. The Morgan fingerprint density at radius 1 is 1.16 bits per heavy atom. The Balaban J connectivity index is 1.73. The molecule has 5 nitrogen and oxygen atoms in total. The van der Waals surface area contributed by atoms with Crippen LogP contribution in [0, 0.1) is 0 Å². The highest BCUT2D eigenvalue weighted by Crippen LogP contribution is 2.26. The summed E-state index contributed by atoms with van der Waals surface area (Å²) < 4.78 is 27.9. The van der Waals surface area contributed by atoms with Crippen LogP contribution in [0.2, 0.25) is 5.02 Å². The molecule has 0 saturated carbocycles. The summed E-state index contributed by atoms with van der Waals surface area (Å²) in [5.74, 6) is 0. The molecule has 1 fully saturated rings. The molecule has 1 aliphatic rings. The smallest absolute Gasteiger partial charge is 0.240 e. The van der Waals surface area contributed by atoms with Crippen LogP contribution < -0.4 is 4.72 Å². The van der Waals surface area contributed by atoms with Crippen LogP contribution in [-0.2, 0) is 10.0 Å². The number of piperazine rings is 1. The van der Waals surface area contributed by atoms with E-state index in [0.29, 0.717) is 11.6 Å². The molecule has 25 heavy (non-hydrogen) atoms. The quantitative estimate of drug-likeness (QED) is 0.811. The molecule has 0 amide bonds. The number of rotatable bonds is 6. The first-order valence-corrected chi connectivity index (χ1v) is 10.9. The van der Waals surface area contributed by atoms with Crippen molar-refractivity contribution in [2.75, 3.05) is 39.8 Å². The molecule has 2 aromatic rings. The minimum Gasteiger partial charge on any atom is -0.304 e. The molecular formula is C17H22ClN3O2S2. The molecule has 1 aliphatic heterocycles. The van der Waals surface area contributed by atoms with E-state index >= 15 is 0 Å². The van der Waals surface area contributed by atoms with E-state index in [4.69, 9.17) is 11.6 Å². The molecule has 136 valence electrons. The Labute approximate surface area is 158 Å². The van der Waals surface area contributed by atoms with Gasteiger partial charge in [-0.05, 0) is 42.8 Å². The molecule has 0 aliphatic carbocycles. The molecule has 1 saturated heterocycles. The average Bonchev–Trinajstić information content (AvgIpc) is 3.11. The molecule has 1 atom stereocenters. The molecule has 2 heterocycles. The normalized spacial score (nSPS) is 18.3. The maximum Gasteiger partial charge on any atom is 0.240 e. The first kappa shape index (κ1) is 18.8. The Bertz CT molecular complexity index is 771.